The Morgan fingerprint density at radius 1 is 0.931 bits per heavy atom. The monoisotopic (exact) mass is 416 g/mol. The molecule has 0 aromatic heterocycles. The number of Topliss-reactive ketones (excluding diaryl/α,β-unsaturated/α-hetero) is 1. The first-order valence-corrected chi connectivity index (χ1v) is 8.89. The van der Waals surface area contributed by atoms with Crippen molar-refractivity contribution >= 4 is 5.78 Å². The van der Waals surface area contributed by atoms with Gasteiger partial charge in [0, 0.05) is 18.3 Å². The van der Waals surface area contributed by atoms with Crippen LogP contribution in [-0.4, -0.2) is 12.4 Å². The molecular weight excluding hydrogens is 398 g/mol. The lowest BCUT2D eigenvalue weighted by molar-refractivity contribution is -0.143. The normalized spacial score (nSPS) is 17.7. The zero-order valence-corrected chi connectivity index (χ0v) is 15.4. The van der Waals surface area contributed by atoms with E-state index in [4.69, 9.17) is 4.74 Å². The Morgan fingerprint density at radius 2 is 1.45 bits per heavy atom. The van der Waals surface area contributed by atoms with Crippen molar-refractivity contribution in [2.45, 2.75) is 43.6 Å². The molecule has 1 atom stereocenters. The largest absolute Gasteiger partial charge is 0.416 e. The number of hydrogen-bond acceptors (Lipinski definition) is 2. The van der Waals surface area contributed by atoms with Crippen molar-refractivity contribution in [1.29, 1.82) is 0 Å². The van der Waals surface area contributed by atoms with E-state index in [0.717, 1.165) is 5.56 Å². The SMILES string of the molecule is C[C@@H](OCC1(c2ccccc2)CC(=O)C1)c1cc(C(F)(F)F)cc(C(F)(F)F)c1. The second kappa shape index (κ2) is 7.48. The fourth-order valence-corrected chi connectivity index (χ4v) is 3.48. The van der Waals surface area contributed by atoms with Crippen LogP contribution in [0.25, 0.3) is 0 Å². The van der Waals surface area contributed by atoms with Crippen LogP contribution in [0.3, 0.4) is 0 Å². The summed E-state index contributed by atoms with van der Waals surface area (Å²) >= 11 is 0. The van der Waals surface area contributed by atoms with Crippen molar-refractivity contribution in [3.05, 3.63) is 70.8 Å². The number of ketones is 1. The van der Waals surface area contributed by atoms with Gasteiger partial charge in [-0.15, -0.1) is 0 Å². The van der Waals surface area contributed by atoms with E-state index in [9.17, 15) is 31.1 Å². The van der Waals surface area contributed by atoms with Gasteiger partial charge in [0.15, 0.2) is 0 Å². The predicted molar refractivity (Wildman–Crippen MR) is 93.2 cm³/mol. The van der Waals surface area contributed by atoms with Crippen LogP contribution in [-0.2, 0) is 27.3 Å². The molecule has 0 heterocycles. The molecule has 2 nitrogen and oxygen atoms in total. The number of carbonyl (C=O) groups excluding carboxylic acids is 1. The maximum atomic E-state index is 13.1. The molecule has 8 heteroatoms. The summed E-state index contributed by atoms with van der Waals surface area (Å²) < 4.78 is 84.0. The summed E-state index contributed by atoms with van der Waals surface area (Å²) in [6.45, 7) is 1.41. The van der Waals surface area contributed by atoms with Crippen molar-refractivity contribution in [1.82, 2.24) is 0 Å². The van der Waals surface area contributed by atoms with Gasteiger partial charge >= 0.3 is 12.4 Å². The molecule has 0 saturated heterocycles. The number of carbonyl (C=O) groups is 1. The molecule has 0 amide bonds. The van der Waals surface area contributed by atoms with Crippen LogP contribution in [0.15, 0.2) is 48.5 Å². The van der Waals surface area contributed by atoms with E-state index in [-0.39, 0.29) is 36.9 Å². The average molecular weight is 416 g/mol. The summed E-state index contributed by atoms with van der Waals surface area (Å²) in [6.07, 6.45) is -10.4. The number of ether oxygens (including phenoxy) is 1. The van der Waals surface area contributed by atoms with Gasteiger partial charge in [0.1, 0.15) is 5.78 Å². The molecule has 3 rings (SSSR count). The molecule has 29 heavy (non-hydrogen) atoms. The lowest BCUT2D eigenvalue weighted by Gasteiger charge is -2.41. The minimum Gasteiger partial charge on any atom is -0.373 e. The molecule has 1 fully saturated rings. The van der Waals surface area contributed by atoms with E-state index in [2.05, 4.69) is 0 Å². The highest BCUT2D eigenvalue weighted by molar-refractivity contribution is 5.88. The molecule has 0 radical (unpaired) electrons. The van der Waals surface area contributed by atoms with Crippen LogP contribution in [0.5, 0.6) is 0 Å². The predicted octanol–water partition coefficient (Wildman–Crippen LogP) is 6.10. The smallest absolute Gasteiger partial charge is 0.373 e. The molecule has 0 aliphatic heterocycles. The second-order valence-electron chi connectivity index (χ2n) is 7.33. The maximum Gasteiger partial charge on any atom is 0.416 e. The Balaban J connectivity index is 1.85. The van der Waals surface area contributed by atoms with Crippen molar-refractivity contribution < 1.29 is 35.9 Å². The summed E-state index contributed by atoms with van der Waals surface area (Å²) in [7, 11) is 0. The Kier molecular flexibility index (Phi) is 5.51. The summed E-state index contributed by atoms with van der Waals surface area (Å²) in [5.41, 5.74) is -2.74. The van der Waals surface area contributed by atoms with Gasteiger partial charge < -0.3 is 4.74 Å². The van der Waals surface area contributed by atoms with E-state index in [0.29, 0.717) is 12.1 Å². The van der Waals surface area contributed by atoms with E-state index in [1.54, 1.807) is 12.1 Å². The quantitative estimate of drug-likeness (QED) is 0.551. The zero-order chi connectivity index (χ0) is 21.4. The van der Waals surface area contributed by atoms with Crippen molar-refractivity contribution in [3.8, 4) is 0 Å². The molecule has 2 aromatic rings. The van der Waals surface area contributed by atoms with Gasteiger partial charge in [0.05, 0.1) is 23.8 Å². The van der Waals surface area contributed by atoms with Gasteiger partial charge in [-0.2, -0.15) is 26.3 Å². The number of hydrogen-bond donors (Lipinski definition) is 0. The number of rotatable bonds is 5. The summed E-state index contributed by atoms with van der Waals surface area (Å²) in [5, 5.41) is 0. The van der Waals surface area contributed by atoms with Gasteiger partial charge in [-0.05, 0) is 36.2 Å². The van der Waals surface area contributed by atoms with Crippen molar-refractivity contribution in [2.24, 2.45) is 0 Å². The van der Waals surface area contributed by atoms with E-state index in [1.165, 1.54) is 6.92 Å². The average Bonchev–Trinajstić information content (AvgIpc) is 2.63. The fraction of sp³-hybridized carbons (Fsp3) is 0.381. The lowest BCUT2D eigenvalue weighted by Crippen LogP contribution is -2.45. The number of benzene rings is 2. The third-order valence-electron chi connectivity index (χ3n) is 5.15. The summed E-state index contributed by atoms with van der Waals surface area (Å²) in [5.74, 6) is 0.0310. The molecule has 0 N–H and O–H groups in total. The molecule has 1 aliphatic carbocycles. The molecular formula is C21H18F6O2. The van der Waals surface area contributed by atoms with Gasteiger partial charge in [-0.3, -0.25) is 4.79 Å². The van der Waals surface area contributed by atoms with Crippen LogP contribution >= 0.6 is 0 Å². The number of halogens is 6. The fourth-order valence-electron chi connectivity index (χ4n) is 3.48. The van der Waals surface area contributed by atoms with Gasteiger partial charge in [-0.25, -0.2) is 0 Å². The zero-order valence-electron chi connectivity index (χ0n) is 15.4. The minimum absolute atomic E-state index is 0.0154. The standard InChI is InChI=1S/C21H18F6O2/c1-13(14-7-16(20(22,23)24)9-17(8-14)21(25,26)27)29-12-19(10-18(28)11-19)15-5-3-2-4-6-15/h2-9,13H,10-12H2,1H3/t13-/m1/s1. The molecule has 0 unspecified atom stereocenters. The van der Waals surface area contributed by atoms with Crippen molar-refractivity contribution in [3.63, 3.8) is 0 Å². The summed E-state index contributed by atoms with van der Waals surface area (Å²) in [6, 6.07) is 10.5. The van der Waals surface area contributed by atoms with Crippen LogP contribution < -0.4 is 0 Å². The second-order valence-corrected chi connectivity index (χ2v) is 7.33. The Morgan fingerprint density at radius 3 is 1.90 bits per heavy atom. The van der Waals surface area contributed by atoms with Gasteiger partial charge in [0.2, 0.25) is 0 Å². The Hall–Kier alpha value is -2.35. The van der Waals surface area contributed by atoms with Gasteiger partial charge in [0.25, 0.3) is 0 Å². The first kappa shape index (κ1) is 21.4. The molecule has 156 valence electrons. The lowest BCUT2D eigenvalue weighted by atomic mass is 9.64. The van der Waals surface area contributed by atoms with Gasteiger partial charge in [-0.1, -0.05) is 30.3 Å². The maximum absolute atomic E-state index is 13.1. The molecule has 2 aromatic carbocycles. The molecule has 1 aliphatic rings. The third-order valence-corrected chi connectivity index (χ3v) is 5.15. The van der Waals surface area contributed by atoms with Crippen LogP contribution in [0.2, 0.25) is 0 Å². The first-order chi connectivity index (χ1) is 13.4. The molecule has 0 bridgehead atoms. The Bertz CT molecular complexity index is 846. The van der Waals surface area contributed by atoms with Crippen LogP contribution in [0.4, 0.5) is 26.3 Å². The topological polar surface area (TPSA) is 26.3 Å². The van der Waals surface area contributed by atoms with E-state index in [1.807, 2.05) is 18.2 Å². The highest BCUT2D eigenvalue weighted by Gasteiger charge is 2.45. The van der Waals surface area contributed by atoms with Crippen LogP contribution in [0.1, 0.15) is 48.1 Å². The van der Waals surface area contributed by atoms with Crippen molar-refractivity contribution in [2.75, 3.05) is 6.61 Å². The van der Waals surface area contributed by atoms with E-state index >= 15 is 0 Å². The minimum atomic E-state index is -4.92. The van der Waals surface area contributed by atoms with Crippen LogP contribution in [0, 0.1) is 0 Å². The first-order valence-electron chi connectivity index (χ1n) is 8.89. The number of alkyl halides is 6. The highest BCUT2D eigenvalue weighted by Crippen LogP contribution is 2.43. The summed E-state index contributed by atoms with van der Waals surface area (Å²) in [4.78, 5) is 11.6. The van der Waals surface area contributed by atoms with E-state index < -0.39 is 35.0 Å². The molecule has 0 spiro atoms. The highest BCUT2D eigenvalue weighted by atomic mass is 19.4. The Labute approximate surface area is 163 Å². The molecule has 1 saturated carbocycles. The third kappa shape index (κ3) is 4.63.